The van der Waals surface area contributed by atoms with E-state index < -0.39 is 0 Å². The second-order valence-corrected chi connectivity index (χ2v) is 8.86. The predicted octanol–water partition coefficient (Wildman–Crippen LogP) is 2.75. The summed E-state index contributed by atoms with van der Waals surface area (Å²) in [6.07, 6.45) is 1.80. The Morgan fingerprint density at radius 2 is 2.26 bits per heavy atom. The Morgan fingerprint density at radius 1 is 1.44 bits per heavy atom. The van der Waals surface area contributed by atoms with Gasteiger partial charge in [-0.2, -0.15) is 5.10 Å². The van der Waals surface area contributed by atoms with Crippen LogP contribution in [0.4, 0.5) is 5.82 Å². The summed E-state index contributed by atoms with van der Waals surface area (Å²) in [7, 11) is 0. The summed E-state index contributed by atoms with van der Waals surface area (Å²) in [5.41, 5.74) is 0.625. The van der Waals surface area contributed by atoms with Crippen LogP contribution in [0.15, 0.2) is 22.7 Å². The molecule has 1 aromatic heterocycles. The number of hydrogen-bond acceptors (Lipinski definition) is 4. The highest BCUT2D eigenvalue weighted by atomic mass is 79.9. The fourth-order valence-corrected chi connectivity index (χ4v) is 4.31. The lowest BCUT2D eigenvalue weighted by molar-refractivity contribution is -0.128. The molecule has 7 nitrogen and oxygen atoms in total. The number of hydrogen-bond donors (Lipinski definition) is 2. The van der Waals surface area contributed by atoms with Crippen LogP contribution in [0, 0.1) is 5.92 Å². The number of nitrogens with one attached hydrogen (secondary N) is 2. The van der Waals surface area contributed by atoms with Crippen molar-refractivity contribution in [2.75, 3.05) is 18.1 Å². The van der Waals surface area contributed by atoms with E-state index in [0.29, 0.717) is 19.0 Å². The first-order valence-corrected chi connectivity index (χ1v) is 10.00. The maximum atomic E-state index is 12.7. The van der Waals surface area contributed by atoms with Crippen molar-refractivity contribution < 1.29 is 14.3 Å². The molecule has 2 fully saturated rings. The minimum atomic E-state index is -0.356. The van der Waals surface area contributed by atoms with E-state index in [1.807, 2.05) is 32.0 Å². The molecule has 27 heavy (non-hydrogen) atoms. The number of aromatic nitrogens is 2. The zero-order chi connectivity index (χ0) is 19.2. The monoisotopic (exact) mass is 434 g/mol. The molecule has 0 radical (unpaired) electrons. The Hall–Kier alpha value is -1.93. The molecule has 3 heterocycles. The smallest absolute Gasteiger partial charge is 0.229 e. The maximum Gasteiger partial charge on any atom is 0.229 e. The summed E-state index contributed by atoms with van der Waals surface area (Å²) < 4.78 is 6.65. The first-order chi connectivity index (χ1) is 12.8. The molecule has 2 aliphatic rings. The van der Waals surface area contributed by atoms with Gasteiger partial charge in [0.15, 0.2) is 5.82 Å². The number of carbonyl (C=O) groups is 2. The Morgan fingerprint density at radius 3 is 3.04 bits per heavy atom. The molecule has 0 unspecified atom stereocenters. The molecule has 0 spiro atoms. The third kappa shape index (κ3) is 3.73. The van der Waals surface area contributed by atoms with Gasteiger partial charge in [0, 0.05) is 35.5 Å². The van der Waals surface area contributed by atoms with Gasteiger partial charge in [-0.15, -0.1) is 0 Å². The van der Waals surface area contributed by atoms with Crippen LogP contribution in [-0.2, 0) is 14.3 Å². The van der Waals surface area contributed by atoms with Crippen LogP contribution in [0.3, 0.4) is 0 Å². The quantitative estimate of drug-likeness (QED) is 0.777. The third-order valence-electron chi connectivity index (χ3n) is 5.30. The molecule has 144 valence electrons. The van der Waals surface area contributed by atoms with Crippen LogP contribution in [0.5, 0.6) is 0 Å². The molecule has 2 aliphatic heterocycles. The number of halogens is 1. The molecule has 2 N–H and O–H groups in total. The highest BCUT2D eigenvalue weighted by Gasteiger charge is 2.38. The van der Waals surface area contributed by atoms with Gasteiger partial charge in [0.05, 0.1) is 17.0 Å². The highest BCUT2D eigenvalue weighted by molar-refractivity contribution is 9.10. The summed E-state index contributed by atoms with van der Waals surface area (Å²) in [5.74, 6) is 0.102. The lowest BCUT2D eigenvalue weighted by Crippen LogP contribution is -2.47. The summed E-state index contributed by atoms with van der Waals surface area (Å²) >= 11 is 3.43. The lowest BCUT2D eigenvalue weighted by Gasteiger charge is -2.36. The lowest BCUT2D eigenvalue weighted by atomic mass is 9.93. The maximum absolute atomic E-state index is 12.7. The first-order valence-electron chi connectivity index (χ1n) is 9.21. The van der Waals surface area contributed by atoms with E-state index in [9.17, 15) is 9.59 Å². The van der Waals surface area contributed by atoms with Gasteiger partial charge in [-0.25, -0.2) is 0 Å². The van der Waals surface area contributed by atoms with Crippen LogP contribution >= 0.6 is 15.9 Å². The summed E-state index contributed by atoms with van der Waals surface area (Å²) in [6, 6.07) is 5.85. The van der Waals surface area contributed by atoms with Gasteiger partial charge in [0.2, 0.25) is 11.8 Å². The van der Waals surface area contributed by atoms with Crippen LogP contribution in [0.2, 0.25) is 0 Å². The normalized spacial score (nSPS) is 25.1. The van der Waals surface area contributed by atoms with Gasteiger partial charge >= 0.3 is 0 Å². The Balaban J connectivity index is 1.46. The van der Waals surface area contributed by atoms with Crippen molar-refractivity contribution in [3.63, 3.8) is 0 Å². The van der Waals surface area contributed by atoms with Crippen molar-refractivity contribution >= 4 is 44.5 Å². The van der Waals surface area contributed by atoms with Gasteiger partial charge in [0.1, 0.15) is 0 Å². The number of rotatable bonds is 3. The van der Waals surface area contributed by atoms with Gasteiger partial charge in [-0.1, -0.05) is 15.9 Å². The second-order valence-electron chi connectivity index (χ2n) is 7.95. The molecule has 2 atom stereocenters. The van der Waals surface area contributed by atoms with E-state index in [4.69, 9.17) is 4.74 Å². The average molecular weight is 435 g/mol. The Kier molecular flexibility index (Phi) is 4.71. The van der Waals surface area contributed by atoms with Crippen LogP contribution in [0.25, 0.3) is 10.9 Å². The Bertz CT molecular complexity index is 894. The fraction of sp³-hybridized carbons (Fsp3) is 0.526. The molecule has 2 amide bonds. The van der Waals surface area contributed by atoms with E-state index in [2.05, 4.69) is 31.4 Å². The van der Waals surface area contributed by atoms with E-state index in [-0.39, 0.29) is 35.8 Å². The number of amides is 2. The van der Waals surface area contributed by atoms with Crippen molar-refractivity contribution in [1.82, 2.24) is 15.5 Å². The van der Waals surface area contributed by atoms with Crippen molar-refractivity contribution in [3.8, 4) is 0 Å². The van der Waals surface area contributed by atoms with Gasteiger partial charge < -0.3 is 10.1 Å². The zero-order valence-corrected chi connectivity index (χ0v) is 17.0. The van der Waals surface area contributed by atoms with Gasteiger partial charge in [-0.05, 0) is 44.9 Å². The number of anilines is 1. The fourth-order valence-electron chi connectivity index (χ4n) is 3.95. The largest absolute Gasteiger partial charge is 0.375 e. The summed E-state index contributed by atoms with van der Waals surface area (Å²) in [4.78, 5) is 26.9. The van der Waals surface area contributed by atoms with Crippen molar-refractivity contribution in [1.29, 1.82) is 0 Å². The predicted molar refractivity (Wildman–Crippen MR) is 105 cm³/mol. The summed E-state index contributed by atoms with van der Waals surface area (Å²) in [5, 5.41) is 11.3. The van der Waals surface area contributed by atoms with Crippen LogP contribution in [0.1, 0.15) is 33.1 Å². The van der Waals surface area contributed by atoms with Crippen molar-refractivity contribution in [3.05, 3.63) is 22.7 Å². The van der Waals surface area contributed by atoms with E-state index in [1.54, 1.807) is 4.90 Å². The zero-order valence-electron chi connectivity index (χ0n) is 15.4. The van der Waals surface area contributed by atoms with Crippen LogP contribution < -0.4 is 10.2 Å². The molecular weight excluding hydrogens is 412 g/mol. The Labute approximate surface area is 165 Å². The minimum Gasteiger partial charge on any atom is -0.375 e. The van der Waals surface area contributed by atoms with E-state index in [1.165, 1.54) is 0 Å². The molecule has 8 heteroatoms. The molecule has 0 saturated carbocycles. The van der Waals surface area contributed by atoms with Gasteiger partial charge in [0.25, 0.3) is 0 Å². The standard InChI is InChI=1S/C19H23BrN4O3/c1-19(2)9-13(5-6-27-19)21-18(26)11-7-16(25)24(10-11)17-14-4-3-12(20)8-15(14)22-23-17/h3-4,8,11,13H,5-7,9-10H2,1-2H3,(H,21,26)(H,22,23)/t11-,13+/m1/s1. The minimum absolute atomic E-state index is 0.0591. The van der Waals surface area contributed by atoms with E-state index >= 15 is 0 Å². The topological polar surface area (TPSA) is 87.3 Å². The number of nitrogens with zero attached hydrogens (tertiary/aromatic N) is 2. The number of aromatic amines is 1. The number of benzene rings is 1. The van der Waals surface area contributed by atoms with Crippen molar-refractivity contribution in [2.45, 2.75) is 44.8 Å². The molecule has 0 aliphatic carbocycles. The van der Waals surface area contributed by atoms with E-state index in [0.717, 1.165) is 28.2 Å². The van der Waals surface area contributed by atoms with Crippen LogP contribution in [-0.4, -0.2) is 46.8 Å². The number of H-pyrrole nitrogens is 1. The molecular formula is C19H23BrN4O3. The SMILES string of the molecule is CC1(C)C[C@@H](NC(=O)[C@@H]2CC(=O)N(c3n[nH]c4cc(Br)ccc34)C2)CCO1. The number of ether oxygens (including phenoxy) is 1. The number of carbonyl (C=O) groups excluding carboxylic acids is 2. The molecule has 0 bridgehead atoms. The molecule has 2 aromatic rings. The summed E-state index contributed by atoms with van der Waals surface area (Å²) in [6.45, 7) is 5.07. The molecule has 1 aromatic carbocycles. The van der Waals surface area contributed by atoms with Gasteiger partial charge in [-0.3, -0.25) is 19.6 Å². The average Bonchev–Trinajstić information content (AvgIpc) is 3.16. The first kappa shape index (κ1) is 18.4. The third-order valence-corrected chi connectivity index (χ3v) is 5.79. The van der Waals surface area contributed by atoms with Crippen molar-refractivity contribution in [2.24, 2.45) is 5.92 Å². The molecule has 2 saturated heterocycles. The highest BCUT2D eigenvalue weighted by Crippen LogP contribution is 2.31. The second kappa shape index (κ2) is 6.91. The molecule has 4 rings (SSSR count). The number of fused-ring (bicyclic) bond motifs is 1.